The highest BCUT2D eigenvalue weighted by Gasteiger charge is 2.13. The lowest BCUT2D eigenvalue weighted by Crippen LogP contribution is -2.17. The Kier molecular flexibility index (Phi) is 6.25. The third-order valence-electron chi connectivity index (χ3n) is 4.50. The van der Waals surface area contributed by atoms with Gasteiger partial charge >= 0.3 is 5.76 Å². The smallest absolute Gasteiger partial charge is 0.419 e. The van der Waals surface area contributed by atoms with Gasteiger partial charge in [0.25, 0.3) is 0 Å². The number of benzene rings is 2. The van der Waals surface area contributed by atoms with Gasteiger partial charge in [0, 0.05) is 19.2 Å². The van der Waals surface area contributed by atoms with E-state index in [-0.39, 0.29) is 23.2 Å². The van der Waals surface area contributed by atoms with Crippen LogP contribution in [0, 0.1) is 0 Å². The molecule has 9 heteroatoms. The second kappa shape index (κ2) is 9.24. The number of pyridine rings is 1. The van der Waals surface area contributed by atoms with E-state index in [4.69, 9.17) is 32.4 Å². The Hall–Kier alpha value is -3.29. The maximum Gasteiger partial charge on any atom is 0.419 e. The summed E-state index contributed by atoms with van der Waals surface area (Å²) in [5.41, 5.74) is 1.71. The van der Waals surface area contributed by atoms with Crippen molar-refractivity contribution in [2.24, 2.45) is 0 Å². The molecule has 0 fully saturated rings. The van der Waals surface area contributed by atoms with Gasteiger partial charge < -0.3 is 14.5 Å². The highest BCUT2D eigenvalue weighted by Crippen LogP contribution is 2.33. The van der Waals surface area contributed by atoms with Crippen LogP contribution in [0.4, 0.5) is 5.69 Å². The third kappa shape index (κ3) is 4.90. The van der Waals surface area contributed by atoms with Crippen molar-refractivity contribution in [2.75, 3.05) is 5.32 Å². The molecule has 1 amide bonds. The number of anilines is 1. The van der Waals surface area contributed by atoms with E-state index in [0.29, 0.717) is 40.5 Å². The molecule has 0 saturated carbocycles. The highest BCUT2D eigenvalue weighted by molar-refractivity contribution is 6.35. The maximum atomic E-state index is 12.5. The standard InChI is InChI=1S/C22H17Cl2N3O4/c23-14-12-15(24)21(25-13-14)30-18-8-3-1-6-16(18)26-20(28)10-5-11-27-17-7-2-4-9-19(17)31-22(27)29/h1-4,6-9,12-13H,5,10-11H2,(H,26,28). The second-order valence-corrected chi connectivity index (χ2v) is 7.52. The van der Waals surface area contributed by atoms with Crippen molar-refractivity contribution in [1.82, 2.24) is 9.55 Å². The summed E-state index contributed by atoms with van der Waals surface area (Å²) in [6.07, 6.45) is 2.09. The Morgan fingerprint density at radius 3 is 2.74 bits per heavy atom. The molecule has 1 N–H and O–H groups in total. The Morgan fingerprint density at radius 1 is 1.13 bits per heavy atom. The van der Waals surface area contributed by atoms with Crippen LogP contribution in [0.2, 0.25) is 10.0 Å². The summed E-state index contributed by atoms with van der Waals surface area (Å²) in [4.78, 5) is 28.6. The zero-order chi connectivity index (χ0) is 21.8. The van der Waals surface area contributed by atoms with E-state index >= 15 is 0 Å². The van der Waals surface area contributed by atoms with Gasteiger partial charge in [-0.15, -0.1) is 0 Å². The Morgan fingerprint density at radius 2 is 1.90 bits per heavy atom. The normalized spacial score (nSPS) is 10.9. The lowest BCUT2D eigenvalue weighted by molar-refractivity contribution is -0.116. The minimum absolute atomic E-state index is 0.180. The van der Waals surface area contributed by atoms with E-state index in [2.05, 4.69) is 10.3 Å². The first-order chi connectivity index (χ1) is 15.0. The number of carbonyl (C=O) groups excluding carboxylic acids is 1. The number of aromatic nitrogens is 2. The topological polar surface area (TPSA) is 86.4 Å². The number of amides is 1. The number of halogens is 2. The van der Waals surface area contributed by atoms with Crippen molar-refractivity contribution in [2.45, 2.75) is 19.4 Å². The van der Waals surface area contributed by atoms with Crippen molar-refractivity contribution in [3.63, 3.8) is 0 Å². The Balaban J connectivity index is 1.40. The van der Waals surface area contributed by atoms with Gasteiger partial charge in [-0.3, -0.25) is 9.36 Å². The molecule has 0 aliphatic rings. The second-order valence-electron chi connectivity index (χ2n) is 6.68. The fraction of sp³-hybridized carbons (Fsp3) is 0.136. The molecule has 0 aliphatic carbocycles. The molecule has 4 rings (SSSR count). The number of nitrogens with zero attached hydrogens (tertiary/aromatic N) is 2. The average Bonchev–Trinajstić information content (AvgIpc) is 3.06. The molecule has 4 aromatic rings. The maximum absolute atomic E-state index is 12.5. The summed E-state index contributed by atoms with van der Waals surface area (Å²) < 4.78 is 12.5. The fourth-order valence-corrected chi connectivity index (χ4v) is 3.49. The van der Waals surface area contributed by atoms with Gasteiger partial charge in [0.05, 0.1) is 16.2 Å². The Labute approximate surface area is 187 Å². The van der Waals surface area contributed by atoms with Gasteiger partial charge in [-0.25, -0.2) is 9.78 Å². The van der Waals surface area contributed by atoms with Crippen LogP contribution in [0.5, 0.6) is 11.6 Å². The summed E-state index contributed by atoms with van der Waals surface area (Å²) in [7, 11) is 0. The number of carbonyl (C=O) groups is 1. The van der Waals surface area contributed by atoms with Gasteiger partial charge in [-0.1, -0.05) is 47.5 Å². The molecule has 0 unspecified atom stereocenters. The lowest BCUT2D eigenvalue weighted by atomic mass is 10.2. The number of ether oxygens (including phenoxy) is 1. The number of oxazole rings is 1. The predicted molar refractivity (Wildman–Crippen MR) is 119 cm³/mol. The summed E-state index contributed by atoms with van der Waals surface area (Å²) in [6, 6.07) is 15.7. The number of rotatable bonds is 7. The van der Waals surface area contributed by atoms with Crippen LogP contribution in [0.3, 0.4) is 0 Å². The molecule has 0 atom stereocenters. The lowest BCUT2D eigenvalue weighted by Gasteiger charge is -2.12. The van der Waals surface area contributed by atoms with E-state index in [1.807, 2.05) is 12.1 Å². The quantitative estimate of drug-likeness (QED) is 0.395. The van der Waals surface area contributed by atoms with Gasteiger partial charge in [0.15, 0.2) is 11.3 Å². The van der Waals surface area contributed by atoms with E-state index in [9.17, 15) is 9.59 Å². The zero-order valence-electron chi connectivity index (χ0n) is 16.2. The van der Waals surface area contributed by atoms with Gasteiger partial charge in [-0.05, 0) is 36.8 Å². The van der Waals surface area contributed by atoms with Gasteiger partial charge in [0.2, 0.25) is 11.8 Å². The average molecular weight is 458 g/mol. The SMILES string of the molecule is O=C(CCCn1c(=O)oc2ccccc21)Nc1ccccc1Oc1ncc(Cl)cc1Cl. The van der Waals surface area contributed by atoms with Crippen LogP contribution in [-0.2, 0) is 11.3 Å². The molecule has 7 nitrogen and oxygen atoms in total. The number of fused-ring (bicyclic) bond motifs is 1. The zero-order valence-corrected chi connectivity index (χ0v) is 17.7. The molecule has 2 heterocycles. The molecule has 0 aliphatic heterocycles. The van der Waals surface area contributed by atoms with Crippen molar-refractivity contribution in [3.05, 3.63) is 81.4 Å². The number of nitrogens with one attached hydrogen (secondary N) is 1. The van der Waals surface area contributed by atoms with Crippen LogP contribution in [0.1, 0.15) is 12.8 Å². The van der Waals surface area contributed by atoms with Crippen LogP contribution >= 0.6 is 23.2 Å². The molecule has 0 spiro atoms. The molecule has 2 aromatic carbocycles. The fourth-order valence-electron chi connectivity index (χ4n) is 3.08. The van der Waals surface area contributed by atoms with E-state index in [0.717, 1.165) is 0 Å². The van der Waals surface area contributed by atoms with E-state index in [1.54, 1.807) is 36.4 Å². The van der Waals surface area contributed by atoms with Crippen LogP contribution < -0.4 is 15.8 Å². The highest BCUT2D eigenvalue weighted by atomic mass is 35.5. The van der Waals surface area contributed by atoms with E-state index < -0.39 is 5.76 Å². The number of para-hydroxylation sites is 4. The van der Waals surface area contributed by atoms with Gasteiger partial charge in [0.1, 0.15) is 5.02 Å². The van der Waals surface area contributed by atoms with Crippen LogP contribution in [0.15, 0.2) is 70.0 Å². The van der Waals surface area contributed by atoms with Gasteiger partial charge in [-0.2, -0.15) is 0 Å². The monoisotopic (exact) mass is 457 g/mol. The predicted octanol–water partition coefficient (Wildman–Crippen LogP) is 5.51. The molecule has 158 valence electrons. The molecular formula is C22H17Cl2N3O4. The van der Waals surface area contributed by atoms with E-state index in [1.165, 1.54) is 16.8 Å². The van der Waals surface area contributed by atoms with Crippen molar-refractivity contribution in [3.8, 4) is 11.6 Å². The molecule has 2 aromatic heterocycles. The van der Waals surface area contributed by atoms with Crippen molar-refractivity contribution < 1.29 is 13.9 Å². The first-order valence-electron chi connectivity index (χ1n) is 9.47. The number of aryl methyl sites for hydroxylation is 1. The van der Waals surface area contributed by atoms with Crippen LogP contribution in [0.25, 0.3) is 11.1 Å². The molecule has 0 saturated heterocycles. The summed E-state index contributed by atoms with van der Waals surface area (Å²) in [5, 5.41) is 3.47. The summed E-state index contributed by atoms with van der Waals surface area (Å²) in [5.74, 6) is -0.0802. The molecule has 0 radical (unpaired) electrons. The minimum atomic E-state index is -0.437. The van der Waals surface area contributed by atoms with Crippen LogP contribution in [-0.4, -0.2) is 15.5 Å². The summed E-state index contributed by atoms with van der Waals surface area (Å²) in [6.45, 7) is 0.367. The van der Waals surface area contributed by atoms with Crippen molar-refractivity contribution in [1.29, 1.82) is 0 Å². The third-order valence-corrected chi connectivity index (χ3v) is 4.98. The first-order valence-corrected chi connectivity index (χ1v) is 10.2. The molecule has 0 bridgehead atoms. The largest absolute Gasteiger partial charge is 0.435 e. The number of hydrogen-bond acceptors (Lipinski definition) is 5. The minimum Gasteiger partial charge on any atom is -0.435 e. The number of hydrogen-bond donors (Lipinski definition) is 1. The molecule has 31 heavy (non-hydrogen) atoms. The van der Waals surface area contributed by atoms with Crippen molar-refractivity contribution >= 4 is 45.9 Å². The summed E-state index contributed by atoms with van der Waals surface area (Å²) >= 11 is 12.0. The molecular weight excluding hydrogens is 441 g/mol. The first kappa shape index (κ1) is 21.0. The Bertz CT molecular complexity index is 1300.